The van der Waals surface area contributed by atoms with Crippen LogP contribution in [-0.2, 0) is 10.0 Å². The molecule has 2 aromatic rings. The van der Waals surface area contributed by atoms with Crippen LogP contribution < -0.4 is 19.1 Å². The summed E-state index contributed by atoms with van der Waals surface area (Å²) in [6, 6.07) is 11.9. The van der Waals surface area contributed by atoms with Crippen molar-refractivity contribution in [2.75, 3.05) is 30.8 Å². The summed E-state index contributed by atoms with van der Waals surface area (Å²) in [6.45, 7) is 2.36. The maximum absolute atomic E-state index is 12.6. The lowest BCUT2D eigenvalue weighted by molar-refractivity contribution is 0.0940. The molecule has 1 atom stereocenters. The third-order valence-corrected chi connectivity index (χ3v) is 6.64. The zero-order valence-corrected chi connectivity index (χ0v) is 17.0. The normalized spacial score (nSPS) is 16.5. The van der Waals surface area contributed by atoms with Crippen molar-refractivity contribution < 1.29 is 22.7 Å². The first-order chi connectivity index (χ1) is 13.4. The standard InChI is InChI=1S/C20H24N2O5S/c1-14(16-7-10-18(26-2)19(13-16)27-3)21-20(23)15-5-8-17(9-6-15)22-11-4-12-28(22,24)25/h5-10,13-14H,4,11-12H2,1-3H3,(H,21,23). The average molecular weight is 404 g/mol. The fourth-order valence-electron chi connectivity index (χ4n) is 3.19. The number of nitrogens with zero attached hydrogens (tertiary/aromatic N) is 1. The van der Waals surface area contributed by atoms with Crippen LogP contribution in [0.15, 0.2) is 42.5 Å². The molecule has 1 fully saturated rings. The van der Waals surface area contributed by atoms with Crippen LogP contribution in [0.4, 0.5) is 5.69 Å². The number of carbonyl (C=O) groups excluding carboxylic acids is 1. The Morgan fingerprint density at radius 2 is 1.75 bits per heavy atom. The van der Waals surface area contributed by atoms with Crippen molar-refractivity contribution in [2.45, 2.75) is 19.4 Å². The number of rotatable bonds is 6. The lowest BCUT2D eigenvalue weighted by Crippen LogP contribution is -2.27. The molecule has 0 radical (unpaired) electrons. The molecule has 7 nitrogen and oxygen atoms in total. The molecular formula is C20H24N2O5S. The van der Waals surface area contributed by atoms with Gasteiger partial charge in [0, 0.05) is 12.1 Å². The monoisotopic (exact) mass is 404 g/mol. The quantitative estimate of drug-likeness (QED) is 0.800. The molecule has 1 unspecified atom stereocenters. The van der Waals surface area contributed by atoms with E-state index in [9.17, 15) is 13.2 Å². The van der Waals surface area contributed by atoms with E-state index in [-0.39, 0.29) is 17.7 Å². The van der Waals surface area contributed by atoms with Gasteiger partial charge >= 0.3 is 0 Å². The Morgan fingerprint density at radius 1 is 1.07 bits per heavy atom. The first kappa shape index (κ1) is 20.0. The van der Waals surface area contributed by atoms with Gasteiger partial charge in [-0.15, -0.1) is 0 Å². The first-order valence-electron chi connectivity index (χ1n) is 8.99. The highest BCUT2D eigenvalue weighted by atomic mass is 32.2. The van der Waals surface area contributed by atoms with Crippen LogP contribution in [0.25, 0.3) is 0 Å². The average Bonchev–Trinajstić information content (AvgIpc) is 3.06. The van der Waals surface area contributed by atoms with Gasteiger partial charge in [0.15, 0.2) is 11.5 Å². The van der Waals surface area contributed by atoms with Gasteiger partial charge in [0.05, 0.1) is 31.7 Å². The molecule has 3 rings (SSSR count). The molecular weight excluding hydrogens is 380 g/mol. The molecule has 1 amide bonds. The molecule has 1 heterocycles. The highest BCUT2D eigenvalue weighted by molar-refractivity contribution is 7.93. The van der Waals surface area contributed by atoms with Crippen molar-refractivity contribution in [1.82, 2.24) is 5.32 Å². The van der Waals surface area contributed by atoms with E-state index in [1.165, 1.54) is 4.31 Å². The van der Waals surface area contributed by atoms with Gasteiger partial charge in [-0.2, -0.15) is 0 Å². The summed E-state index contributed by atoms with van der Waals surface area (Å²) in [7, 11) is -0.0983. The van der Waals surface area contributed by atoms with Gasteiger partial charge in [-0.3, -0.25) is 9.10 Å². The van der Waals surface area contributed by atoms with E-state index in [1.54, 1.807) is 44.6 Å². The highest BCUT2D eigenvalue weighted by Gasteiger charge is 2.28. The predicted octanol–water partition coefficient (Wildman–Crippen LogP) is 2.73. The summed E-state index contributed by atoms with van der Waals surface area (Å²) in [4.78, 5) is 12.6. The van der Waals surface area contributed by atoms with Gasteiger partial charge in [-0.25, -0.2) is 8.42 Å². The summed E-state index contributed by atoms with van der Waals surface area (Å²) in [5.41, 5.74) is 1.93. The molecule has 8 heteroatoms. The lowest BCUT2D eigenvalue weighted by Gasteiger charge is -2.18. The zero-order chi connectivity index (χ0) is 20.3. The molecule has 0 spiro atoms. The van der Waals surface area contributed by atoms with Crippen LogP contribution in [0.5, 0.6) is 11.5 Å². The van der Waals surface area contributed by atoms with Crippen molar-refractivity contribution in [3.05, 3.63) is 53.6 Å². The zero-order valence-electron chi connectivity index (χ0n) is 16.1. The summed E-state index contributed by atoms with van der Waals surface area (Å²) in [5.74, 6) is 1.14. The number of ether oxygens (including phenoxy) is 2. The second kappa shape index (κ2) is 8.10. The summed E-state index contributed by atoms with van der Waals surface area (Å²) in [6.07, 6.45) is 0.618. The van der Waals surface area contributed by atoms with E-state index in [0.717, 1.165) is 5.56 Å². The van der Waals surface area contributed by atoms with E-state index in [2.05, 4.69) is 5.32 Å². The van der Waals surface area contributed by atoms with Crippen LogP contribution in [0, 0.1) is 0 Å². The van der Waals surface area contributed by atoms with Crippen LogP contribution in [-0.4, -0.2) is 40.8 Å². The third kappa shape index (κ3) is 4.06. The number of nitrogens with one attached hydrogen (secondary N) is 1. The van der Waals surface area contributed by atoms with E-state index in [0.29, 0.717) is 35.7 Å². The molecule has 0 bridgehead atoms. The SMILES string of the molecule is COc1ccc(C(C)NC(=O)c2ccc(N3CCCS3(=O)=O)cc2)cc1OC. The highest BCUT2D eigenvalue weighted by Crippen LogP contribution is 2.30. The second-order valence-corrected chi connectivity index (χ2v) is 8.61. The number of hydrogen-bond acceptors (Lipinski definition) is 5. The van der Waals surface area contributed by atoms with E-state index < -0.39 is 10.0 Å². The minimum atomic E-state index is -3.23. The van der Waals surface area contributed by atoms with Gasteiger partial charge in [-0.1, -0.05) is 6.07 Å². The molecule has 150 valence electrons. The Labute approximate surface area is 165 Å². The van der Waals surface area contributed by atoms with Crippen molar-refractivity contribution in [1.29, 1.82) is 0 Å². The summed E-state index contributed by atoms with van der Waals surface area (Å²) >= 11 is 0. The topological polar surface area (TPSA) is 84.9 Å². The molecule has 28 heavy (non-hydrogen) atoms. The Morgan fingerprint density at radius 3 is 2.32 bits per heavy atom. The van der Waals surface area contributed by atoms with E-state index in [4.69, 9.17) is 9.47 Å². The van der Waals surface area contributed by atoms with Crippen LogP contribution in [0.2, 0.25) is 0 Å². The molecule has 1 aliphatic heterocycles. The molecule has 0 aromatic heterocycles. The fourth-order valence-corrected chi connectivity index (χ4v) is 4.76. The molecule has 1 saturated heterocycles. The van der Waals surface area contributed by atoms with E-state index >= 15 is 0 Å². The van der Waals surface area contributed by atoms with Crippen LogP contribution >= 0.6 is 0 Å². The molecule has 0 saturated carbocycles. The Bertz CT molecular complexity index is 957. The van der Waals surface area contributed by atoms with Gasteiger partial charge in [0.2, 0.25) is 10.0 Å². The second-order valence-electron chi connectivity index (χ2n) is 6.60. The Balaban J connectivity index is 1.71. The van der Waals surface area contributed by atoms with Gasteiger partial charge in [0.1, 0.15) is 0 Å². The summed E-state index contributed by atoms with van der Waals surface area (Å²) in [5, 5.41) is 2.94. The van der Waals surface area contributed by atoms with Gasteiger partial charge in [0.25, 0.3) is 5.91 Å². The fraction of sp³-hybridized carbons (Fsp3) is 0.350. The predicted molar refractivity (Wildman–Crippen MR) is 108 cm³/mol. The smallest absolute Gasteiger partial charge is 0.251 e. The molecule has 2 aromatic carbocycles. The molecule has 0 aliphatic carbocycles. The maximum atomic E-state index is 12.6. The minimum Gasteiger partial charge on any atom is -0.493 e. The molecule has 1 aliphatic rings. The number of anilines is 1. The van der Waals surface area contributed by atoms with Crippen molar-refractivity contribution >= 4 is 21.6 Å². The lowest BCUT2D eigenvalue weighted by atomic mass is 10.1. The number of amides is 1. The molecule has 1 N–H and O–H groups in total. The Kier molecular flexibility index (Phi) is 5.79. The first-order valence-corrected chi connectivity index (χ1v) is 10.6. The third-order valence-electron chi connectivity index (χ3n) is 4.77. The van der Waals surface area contributed by atoms with Crippen molar-refractivity contribution in [3.8, 4) is 11.5 Å². The number of hydrogen-bond donors (Lipinski definition) is 1. The van der Waals surface area contributed by atoms with Crippen molar-refractivity contribution in [3.63, 3.8) is 0 Å². The van der Waals surface area contributed by atoms with Crippen molar-refractivity contribution in [2.24, 2.45) is 0 Å². The number of benzene rings is 2. The van der Waals surface area contributed by atoms with Crippen LogP contribution in [0.1, 0.15) is 35.3 Å². The minimum absolute atomic E-state index is 0.165. The number of carbonyl (C=O) groups is 1. The number of methoxy groups -OCH3 is 2. The van der Waals surface area contributed by atoms with E-state index in [1.807, 2.05) is 19.1 Å². The van der Waals surface area contributed by atoms with Gasteiger partial charge < -0.3 is 14.8 Å². The largest absolute Gasteiger partial charge is 0.493 e. The Hall–Kier alpha value is -2.74. The number of sulfonamides is 1. The maximum Gasteiger partial charge on any atom is 0.251 e. The van der Waals surface area contributed by atoms with Crippen LogP contribution in [0.3, 0.4) is 0 Å². The van der Waals surface area contributed by atoms with Gasteiger partial charge in [-0.05, 0) is 55.3 Å². The summed E-state index contributed by atoms with van der Waals surface area (Å²) < 4.78 is 35.9.